The Labute approximate surface area is 107 Å². The molecule has 1 aromatic carbocycles. The summed E-state index contributed by atoms with van der Waals surface area (Å²) in [6.07, 6.45) is 2.02. The monoisotopic (exact) mass is 245 g/mol. The first kappa shape index (κ1) is 12.3. The molecule has 0 amide bonds. The van der Waals surface area contributed by atoms with Crippen molar-refractivity contribution in [1.29, 1.82) is 0 Å². The minimum atomic E-state index is 0.127. The second kappa shape index (κ2) is 5.48. The molecule has 0 spiro atoms. The Morgan fingerprint density at radius 2 is 2.06 bits per heavy atom. The summed E-state index contributed by atoms with van der Waals surface area (Å²) in [4.78, 5) is 2.71. The van der Waals surface area contributed by atoms with Crippen molar-refractivity contribution in [1.82, 2.24) is 0 Å². The van der Waals surface area contributed by atoms with E-state index in [-0.39, 0.29) is 6.04 Å². The molecule has 1 heterocycles. The van der Waals surface area contributed by atoms with Crippen LogP contribution in [0, 0.1) is 6.92 Å². The van der Waals surface area contributed by atoms with Gasteiger partial charge in [0.15, 0.2) is 0 Å². The highest BCUT2D eigenvalue weighted by Crippen LogP contribution is 2.24. The molecular formula is C15H19NS. The van der Waals surface area contributed by atoms with Gasteiger partial charge < -0.3 is 5.73 Å². The predicted octanol–water partition coefficient (Wildman–Crippen LogP) is 3.86. The number of hydrogen-bond acceptors (Lipinski definition) is 2. The van der Waals surface area contributed by atoms with Crippen LogP contribution >= 0.6 is 11.3 Å². The molecule has 0 aliphatic heterocycles. The van der Waals surface area contributed by atoms with Crippen LogP contribution in [-0.2, 0) is 12.8 Å². The van der Waals surface area contributed by atoms with Crippen LogP contribution < -0.4 is 5.73 Å². The van der Waals surface area contributed by atoms with Crippen LogP contribution in [0.3, 0.4) is 0 Å². The molecule has 0 aliphatic carbocycles. The molecule has 1 nitrogen and oxygen atoms in total. The predicted molar refractivity (Wildman–Crippen MR) is 75.5 cm³/mol. The van der Waals surface area contributed by atoms with Crippen LogP contribution in [-0.4, -0.2) is 0 Å². The molecule has 0 aliphatic rings. The lowest BCUT2D eigenvalue weighted by Crippen LogP contribution is -2.11. The van der Waals surface area contributed by atoms with Gasteiger partial charge in [0.1, 0.15) is 0 Å². The average molecular weight is 245 g/mol. The maximum Gasteiger partial charge on any atom is 0.0430 e. The molecule has 0 bridgehead atoms. The molecule has 0 fully saturated rings. The standard InChI is InChI=1S/C15H19NS/c1-3-13-7-8-15(17-13)14(16)10-12-6-4-5-11(2)9-12/h4-9,14H,3,10,16H2,1-2H3. The van der Waals surface area contributed by atoms with E-state index in [1.54, 1.807) is 0 Å². The van der Waals surface area contributed by atoms with Gasteiger partial charge in [-0.1, -0.05) is 36.8 Å². The van der Waals surface area contributed by atoms with Gasteiger partial charge in [-0.2, -0.15) is 0 Å². The number of aryl methyl sites for hydroxylation is 2. The number of benzene rings is 1. The number of rotatable bonds is 4. The van der Waals surface area contributed by atoms with Crippen molar-refractivity contribution < 1.29 is 0 Å². The molecule has 2 N–H and O–H groups in total. The van der Waals surface area contributed by atoms with Gasteiger partial charge in [0.05, 0.1) is 0 Å². The Morgan fingerprint density at radius 3 is 2.71 bits per heavy atom. The molecule has 0 saturated carbocycles. The van der Waals surface area contributed by atoms with E-state index in [1.807, 2.05) is 11.3 Å². The molecule has 2 rings (SSSR count). The number of thiophene rings is 1. The summed E-state index contributed by atoms with van der Waals surface area (Å²) in [5.41, 5.74) is 8.88. The number of nitrogens with two attached hydrogens (primary N) is 1. The van der Waals surface area contributed by atoms with Crippen LogP contribution in [0.25, 0.3) is 0 Å². The van der Waals surface area contributed by atoms with Gasteiger partial charge in [-0.3, -0.25) is 0 Å². The first-order valence-corrected chi connectivity index (χ1v) is 6.90. The van der Waals surface area contributed by atoms with Gasteiger partial charge in [-0.25, -0.2) is 0 Å². The quantitative estimate of drug-likeness (QED) is 0.869. The Balaban J connectivity index is 2.08. The minimum absolute atomic E-state index is 0.127. The summed E-state index contributed by atoms with van der Waals surface area (Å²) in [6, 6.07) is 13.1. The summed E-state index contributed by atoms with van der Waals surface area (Å²) in [7, 11) is 0. The Bertz CT molecular complexity index is 487. The zero-order valence-electron chi connectivity index (χ0n) is 10.4. The van der Waals surface area contributed by atoms with Gasteiger partial charge in [0, 0.05) is 15.8 Å². The number of hydrogen-bond donors (Lipinski definition) is 1. The molecule has 90 valence electrons. The first-order chi connectivity index (χ1) is 8.19. The van der Waals surface area contributed by atoms with Crippen molar-refractivity contribution in [3.8, 4) is 0 Å². The second-order valence-corrected chi connectivity index (χ2v) is 5.66. The van der Waals surface area contributed by atoms with Crippen molar-refractivity contribution >= 4 is 11.3 Å². The lowest BCUT2D eigenvalue weighted by Gasteiger charge is -2.10. The van der Waals surface area contributed by atoms with E-state index >= 15 is 0 Å². The topological polar surface area (TPSA) is 26.0 Å². The van der Waals surface area contributed by atoms with E-state index in [0.717, 1.165) is 12.8 Å². The van der Waals surface area contributed by atoms with E-state index in [9.17, 15) is 0 Å². The minimum Gasteiger partial charge on any atom is -0.323 e. The van der Waals surface area contributed by atoms with E-state index in [4.69, 9.17) is 5.73 Å². The lowest BCUT2D eigenvalue weighted by atomic mass is 10.0. The van der Waals surface area contributed by atoms with Crippen LogP contribution in [0.4, 0.5) is 0 Å². The normalized spacial score (nSPS) is 12.6. The summed E-state index contributed by atoms with van der Waals surface area (Å²) >= 11 is 1.84. The van der Waals surface area contributed by atoms with E-state index in [2.05, 4.69) is 50.2 Å². The van der Waals surface area contributed by atoms with Gasteiger partial charge in [0.25, 0.3) is 0 Å². The Hall–Kier alpha value is -1.12. The molecule has 1 aromatic heterocycles. The van der Waals surface area contributed by atoms with Crippen LogP contribution in [0.15, 0.2) is 36.4 Å². The third kappa shape index (κ3) is 3.18. The molecule has 1 atom stereocenters. The van der Waals surface area contributed by atoms with E-state index in [1.165, 1.54) is 20.9 Å². The van der Waals surface area contributed by atoms with Crippen molar-refractivity contribution in [2.24, 2.45) is 5.73 Å². The van der Waals surface area contributed by atoms with Gasteiger partial charge >= 0.3 is 0 Å². The fraction of sp³-hybridized carbons (Fsp3) is 0.333. The molecule has 17 heavy (non-hydrogen) atoms. The maximum absolute atomic E-state index is 6.26. The van der Waals surface area contributed by atoms with Gasteiger partial charge in [-0.15, -0.1) is 11.3 Å². The SMILES string of the molecule is CCc1ccc(C(N)Cc2cccc(C)c2)s1. The fourth-order valence-corrected chi connectivity index (χ4v) is 2.93. The summed E-state index contributed by atoms with van der Waals surface area (Å²) in [5.74, 6) is 0. The lowest BCUT2D eigenvalue weighted by molar-refractivity contribution is 0.736. The third-order valence-corrected chi connectivity index (χ3v) is 4.30. The Kier molecular flexibility index (Phi) is 3.97. The smallest absolute Gasteiger partial charge is 0.0430 e. The zero-order chi connectivity index (χ0) is 12.3. The highest BCUT2D eigenvalue weighted by atomic mass is 32.1. The van der Waals surface area contributed by atoms with Crippen molar-refractivity contribution in [2.45, 2.75) is 32.7 Å². The van der Waals surface area contributed by atoms with E-state index in [0.29, 0.717) is 0 Å². The van der Waals surface area contributed by atoms with E-state index < -0.39 is 0 Å². The van der Waals surface area contributed by atoms with Crippen molar-refractivity contribution in [3.63, 3.8) is 0 Å². The zero-order valence-corrected chi connectivity index (χ0v) is 11.3. The molecule has 2 aromatic rings. The van der Waals surface area contributed by atoms with Crippen molar-refractivity contribution in [2.75, 3.05) is 0 Å². The van der Waals surface area contributed by atoms with Crippen molar-refractivity contribution in [3.05, 3.63) is 57.3 Å². The highest BCUT2D eigenvalue weighted by Gasteiger charge is 2.09. The molecular weight excluding hydrogens is 226 g/mol. The molecule has 2 heteroatoms. The summed E-state index contributed by atoms with van der Waals surface area (Å²) < 4.78 is 0. The highest BCUT2D eigenvalue weighted by molar-refractivity contribution is 7.12. The second-order valence-electron chi connectivity index (χ2n) is 4.46. The molecule has 0 saturated heterocycles. The Morgan fingerprint density at radius 1 is 1.24 bits per heavy atom. The largest absolute Gasteiger partial charge is 0.323 e. The maximum atomic E-state index is 6.26. The third-order valence-electron chi connectivity index (χ3n) is 2.93. The summed E-state index contributed by atoms with van der Waals surface area (Å²) in [5, 5.41) is 0. The van der Waals surface area contributed by atoms with Crippen LogP contribution in [0.5, 0.6) is 0 Å². The fourth-order valence-electron chi connectivity index (χ4n) is 1.98. The van der Waals surface area contributed by atoms with Crippen LogP contribution in [0.2, 0.25) is 0 Å². The first-order valence-electron chi connectivity index (χ1n) is 6.08. The average Bonchev–Trinajstić information content (AvgIpc) is 2.77. The van der Waals surface area contributed by atoms with Crippen LogP contribution in [0.1, 0.15) is 33.8 Å². The summed E-state index contributed by atoms with van der Waals surface area (Å²) in [6.45, 7) is 4.30. The van der Waals surface area contributed by atoms with Gasteiger partial charge in [-0.05, 0) is 37.5 Å². The van der Waals surface area contributed by atoms with Gasteiger partial charge in [0.2, 0.25) is 0 Å². The molecule has 1 unspecified atom stereocenters. The molecule has 0 radical (unpaired) electrons.